The Morgan fingerprint density at radius 2 is 2.12 bits per heavy atom. The maximum atomic E-state index is 11.5. The second-order valence-electron chi connectivity index (χ2n) is 4.47. The molecule has 88 valence electrons. The molecule has 0 fully saturated rings. The molecule has 3 heteroatoms. The molecule has 0 aromatic heterocycles. The molecule has 0 atom stereocenters. The molecule has 0 heterocycles. The number of halogens is 1. The van der Waals surface area contributed by atoms with E-state index >= 15 is 0 Å². The average Bonchev–Trinajstić information content (AvgIpc) is 2.15. The quantitative estimate of drug-likeness (QED) is 0.858. The van der Waals surface area contributed by atoms with Crippen LogP contribution in [0.3, 0.4) is 0 Å². The maximum Gasteiger partial charge on any atom is 0.220 e. The van der Waals surface area contributed by atoms with E-state index in [4.69, 9.17) is 11.6 Å². The predicted octanol–water partition coefficient (Wildman–Crippen LogP) is 3.31. The Morgan fingerprint density at radius 1 is 1.44 bits per heavy atom. The summed E-state index contributed by atoms with van der Waals surface area (Å²) >= 11 is 6.07. The van der Waals surface area contributed by atoms with E-state index in [1.807, 2.05) is 39.0 Å². The SMILES string of the molecule is Cc1ccc(CNC(=O)CC(C)C)c(Cl)c1. The molecule has 0 spiro atoms. The lowest BCUT2D eigenvalue weighted by molar-refractivity contribution is -0.121. The summed E-state index contributed by atoms with van der Waals surface area (Å²) in [6, 6.07) is 5.86. The molecule has 0 aliphatic heterocycles. The van der Waals surface area contributed by atoms with Crippen molar-refractivity contribution in [3.63, 3.8) is 0 Å². The Labute approximate surface area is 102 Å². The first-order chi connectivity index (χ1) is 7.49. The van der Waals surface area contributed by atoms with Crippen molar-refractivity contribution in [2.24, 2.45) is 5.92 Å². The van der Waals surface area contributed by atoms with Gasteiger partial charge in [0, 0.05) is 18.0 Å². The smallest absolute Gasteiger partial charge is 0.220 e. The Hall–Kier alpha value is -1.02. The number of carbonyl (C=O) groups is 1. The van der Waals surface area contributed by atoms with Crippen LogP contribution in [0.15, 0.2) is 18.2 Å². The van der Waals surface area contributed by atoms with E-state index < -0.39 is 0 Å². The highest BCUT2D eigenvalue weighted by Crippen LogP contribution is 2.17. The lowest BCUT2D eigenvalue weighted by atomic mass is 10.1. The third kappa shape index (κ3) is 4.23. The first-order valence-electron chi connectivity index (χ1n) is 5.50. The molecule has 2 nitrogen and oxygen atoms in total. The van der Waals surface area contributed by atoms with Crippen LogP contribution in [0.2, 0.25) is 5.02 Å². The van der Waals surface area contributed by atoms with Gasteiger partial charge in [-0.2, -0.15) is 0 Å². The molecular weight excluding hydrogens is 222 g/mol. The lowest BCUT2D eigenvalue weighted by Gasteiger charge is -2.08. The van der Waals surface area contributed by atoms with E-state index in [0.29, 0.717) is 23.9 Å². The minimum Gasteiger partial charge on any atom is -0.352 e. The molecule has 0 radical (unpaired) electrons. The molecule has 1 aromatic rings. The first-order valence-corrected chi connectivity index (χ1v) is 5.88. The van der Waals surface area contributed by atoms with Crippen LogP contribution in [0.4, 0.5) is 0 Å². The Kier molecular flexibility index (Phi) is 4.81. The largest absolute Gasteiger partial charge is 0.352 e. The van der Waals surface area contributed by atoms with Crippen LogP contribution in [0, 0.1) is 12.8 Å². The fraction of sp³-hybridized carbons (Fsp3) is 0.462. The number of nitrogens with one attached hydrogen (secondary N) is 1. The van der Waals surface area contributed by atoms with Gasteiger partial charge >= 0.3 is 0 Å². The standard InChI is InChI=1S/C13H18ClNO/c1-9(2)6-13(16)15-8-11-5-4-10(3)7-12(11)14/h4-5,7,9H,6,8H2,1-3H3,(H,15,16). The van der Waals surface area contributed by atoms with Gasteiger partial charge in [0.1, 0.15) is 0 Å². The van der Waals surface area contributed by atoms with Crippen LogP contribution in [-0.4, -0.2) is 5.91 Å². The number of hydrogen-bond acceptors (Lipinski definition) is 1. The van der Waals surface area contributed by atoms with E-state index in [0.717, 1.165) is 11.1 Å². The summed E-state index contributed by atoms with van der Waals surface area (Å²) < 4.78 is 0. The van der Waals surface area contributed by atoms with E-state index in [2.05, 4.69) is 5.32 Å². The third-order valence-electron chi connectivity index (χ3n) is 2.28. The monoisotopic (exact) mass is 239 g/mol. The molecule has 0 unspecified atom stereocenters. The molecule has 0 saturated carbocycles. The molecule has 0 saturated heterocycles. The van der Waals surface area contributed by atoms with Gasteiger partial charge in [-0.25, -0.2) is 0 Å². The maximum absolute atomic E-state index is 11.5. The van der Waals surface area contributed by atoms with Crippen molar-refractivity contribution in [3.8, 4) is 0 Å². The van der Waals surface area contributed by atoms with Crippen molar-refractivity contribution in [1.82, 2.24) is 5.32 Å². The van der Waals surface area contributed by atoms with Gasteiger partial charge in [-0.1, -0.05) is 37.6 Å². The molecular formula is C13H18ClNO. The normalized spacial score (nSPS) is 10.6. The van der Waals surface area contributed by atoms with Gasteiger partial charge in [0.25, 0.3) is 0 Å². The Balaban J connectivity index is 2.51. The highest BCUT2D eigenvalue weighted by atomic mass is 35.5. The molecule has 1 aromatic carbocycles. The van der Waals surface area contributed by atoms with Crippen molar-refractivity contribution in [1.29, 1.82) is 0 Å². The first kappa shape index (κ1) is 13.0. The molecule has 16 heavy (non-hydrogen) atoms. The number of hydrogen-bond donors (Lipinski definition) is 1. The summed E-state index contributed by atoms with van der Waals surface area (Å²) in [7, 11) is 0. The van der Waals surface area contributed by atoms with Crippen LogP contribution in [0.25, 0.3) is 0 Å². The summed E-state index contributed by atoms with van der Waals surface area (Å²) in [5.74, 6) is 0.458. The molecule has 1 amide bonds. The third-order valence-corrected chi connectivity index (χ3v) is 2.63. The van der Waals surface area contributed by atoms with Gasteiger partial charge in [-0.05, 0) is 30.0 Å². The minimum absolute atomic E-state index is 0.0756. The Bertz CT molecular complexity index is 374. The molecule has 1 rings (SSSR count). The summed E-state index contributed by atoms with van der Waals surface area (Å²) in [4.78, 5) is 11.5. The summed E-state index contributed by atoms with van der Waals surface area (Å²) in [5.41, 5.74) is 2.09. The van der Waals surface area contributed by atoms with Crippen LogP contribution in [0.5, 0.6) is 0 Å². The van der Waals surface area contributed by atoms with Crippen LogP contribution >= 0.6 is 11.6 Å². The molecule has 0 aliphatic carbocycles. The van der Waals surface area contributed by atoms with Gasteiger partial charge in [-0.15, -0.1) is 0 Å². The molecule has 0 aliphatic rings. The van der Waals surface area contributed by atoms with E-state index in [1.165, 1.54) is 0 Å². The zero-order chi connectivity index (χ0) is 12.1. The highest BCUT2D eigenvalue weighted by Gasteiger charge is 2.06. The van der Waals surface area contributed by atoms with Gasteiger partial charge in [-0.3, -0.25) is 4.79 Å². The number of benzene rings is 1. The lowest BCUT2D eigenvalue weighted by Crippen LogP contribution is -2.24. The summed E-state index contributed by atoms with van der Waals surface area (Å²) in [6.07, 6.45) is 0.559. The number of rotatable bonds is 4. The minimum atomic E-state index is 0.0756. The van der Waals surface area contributed by atoms with Gasteiger partial charge in [0.2, 0.25) is 5.91 Å². The van der Waals surface area contributed by atoms with Crippen LogP contribution in [0.1, 0.15) is 31.4 Å². The number of aryl methyl sites for hydroxylation is 1. The summed E-state index contributed by atoms with van der Waals surface area (Å²) in [6.45, 7) is 6.55. The topological polar surface area (TPSA) is 29.1 Å². The van der Waals surface area contributed by atoms with E-state index in [1.54, 1.807) is 0 Å². The van der Waals surface area contributed by atoms with Crippen molar-refractivity contribution in [2.45, 2.75) is 33.7 Å². The van der Waals surface area contributed by atoms with E-state index in [-0.39, 0.29) is 5.91 Å². The fourth-order valence-electron chi connectivity index (χ4n) is 1.43. The summed E-state index contributed by atoms with van der Waals surface area (Å²) in [5, 5.41) is 3.58. The molecule has 0 bridgehead atoms. The van der Waals surface area contributed by atoms with Crippen molar-refractivity contribution in [3.05, 3.63) is 34.3 Å². The van der Waals surface area contributed by atoms with E-state index in [9.17, 15) is 4.79 Å². The average molecular weight is 240 g/mol. The molecule has 1 N–H and O–H groups in total. The van der Waals surface area contributed by atoms with Crippen molar-refractivity contribution >= 4 is 17.5 Å². The fourth-order valence-corrected chi connectivity index (χ4v) is 1.73. The second-order valence-corrected chi connectivity index (χ2v) is 4.88. The number of amides is 1. The zero-order valence-corrected chi connectivity index (χ0v) is 10.8. The zero-order valence-electron chi connectivity index (χ0n) is 10.0. The van der Waals surface area contributed by atoms with Crippen molar-refractivity contribution in [2.75, 3.05) is 0 Å². The van der Waals surface area contributed by atoms with Crippen molar-refractivity contribution < 1.29 is 4.79 Å². The van der Waals surface area contributed by atoms with Crippen LogP contribution < -0.4 is 5.32 Å². The van der Waals surface area contributed by atoms with Gasteiger partial charge in [0.15, 0.2) is 0 Å². The highest BCUT2D eigenvalue weighted by molar-refractivity contribution is 6.31. The second kappa shape index (κ2) is 5.90. The van der Waals surface area contributed by atoms with Gasteiger partial charge < -0.3 is 5.32 Å². The van der Waals surface area contributed by atoms with Gasteiger partial charge in [0.05, 0.1) is 0 Å². The van der Waals surface area contributed by atoms with Crippen LogP contribution in [-0.2, 0) is 11.3 Å². The predicted molar refractivity (Wildman–Crippen MR) is 67.5 cm³/mol. The number of carbonyl (C=O) groups excluding carboxylic acids is 1. The Morgan fingerprint density at radius 3 is 2.69 bits per heavy atom.